The molecule has 0 saturated heterocycles. The fourth-order valence-corrected chi connectivity index (χ4v) is 2.69. The minimum absolute atomic E-state index is 0.129. The topological polar surface area (TPSA) is 49.3 Å². The van der Waals surface area contributed by atoms with E-state index in [1.807, 2.05) is 24.4 Å². The second kappa shape index (κ2) is 7.28. The maximum atomic E-state index is 12.3. The third-order valence-corrected chi connectivity index (χ3v) is 4.06. The molecular formula is C16H14ClNO2S. The minimum Gasteiger partial charge on any atom is -0.384 e. The van der Waals surface area contributed by atoms with Gasteiger partial charge in [-0.3, -0.25) is 4.79 Å². The third-order valence-electron chi connectivity index (χ3n) is 2.89. The van der Waals surface area contributed by atoms with Crippen LogP contribution < -0.4 is 5.32 Å². The number of halogens is 1. The molecule has 0 aliphatic rings. The van der Waals surface area contributed by atoms with E-state index in [-0.39, 0.29) is 18.6 Å². The number of amides is 1. The van der Waals surface area contributed by atoms with E-state index in [2.05, 4.69) is 17.2 Å². The molecule has 1 heterocycles. The molecule has 0 saturated carbocycles. The number of rotatable bonds is 3. The highest BCUT2D eigenvalue weighted by Gasteiger charge is 2.15. The van der Waals surface area contributed by atoms with Gasteiger partial charge in [0.15, 0.2) is 0 Å². The molecule has 1 atom stereocenters. The van der Waals surface area contributed by atoms with Crippen molar-refractivity contribution < 1.29 is 9.90 Å². The monoisotopic (exact) mass is 319 g/mol. The molecule has 21 heavy (non-hydrogen) atoms. The Labute approximate surface area is 132 Å². The van der Waals surface area contributed by atoms with E-state index in [1.54, 1.807) is 18.2 Å². The van der Waals surface area contributed by atoms with E-state index in [1.165, 1.54) is 11.3 Å². The van der Waals surface area contributed by atoms with Gasteiger partial charge in [0.25, 0.3) is 5.91 Å². The Morgan fingerprint density at radius 2 is 2.10 bits per heavy atom. The van der Waals surface area contributed by atoms with Crippen LogP contribution in [0.25, 0.3) is 0 Å². The van der Waals surface area contributed by atoms with Crippen LogP contribution in [0.3, 0.4) is 0 Å². The number of hydrogen-bond acceptors (Lipinski definition) is 3. The summed E-state index contributed by atoms with van der Waals surface area (Å²) in [6.45, 7) is 1.69. The summed E-state index contributed by atoms with van der Waals surface area (Å²) in [6, 6.07) is 9.00. The van der Waals surface area contributed by atoms with Crippen LogP contribution in [-0.4, -0.2) is 17.6 Å². The van der Waals surface area contributed by atoms with E-state index in [9.17, 15) is 4.79 Å². The summed E-state index contributed by atoms with van der Waals surface area (Å²) in [5.74, 6) is 5.16. The molecule has 1 unspecified atom stereocenters. The Bertz CT molecular complexity index is 682. The molecule has 1 aromatic heterocycles. The Kier molecular flexibility index (Phi) is 5.40. The van der Waals surface area contributed by atoms with E-state index in [0.717, 1.165) is 5.56 Å². The molecule has 1 aromatic carbocycles. The second-order valence-corrected chi connectivity index (χ2v) is 5.72. The maximum Gasteiger partial charge on any atom is 0.263 e. The number of nitrogens with one attached hydrogen (secondary N) is 1. The molecule has 0 aliphatic carbocycles. The molecule has 0 aliphatic heterocycles. The number of benzene rings is 1. The largest absolute Gasteiger partial charge is 0.384 e. The van der Waals surface area contributed by atoms with Gasteiger partial charge in [-0.2, -0.15) is 0 Å². The summed E-state index contributed by atoms with van der Waals surface area (Å²) < 4.78 is 0. The summed E-state index contributed by atoms with van der Waals surface area (Å²) in [5, 5.41) is 14.1. The van der Waals surface area contributed by atoms with Crippen molar-refractivity contribution in [3.05, 3.63) is 56.7 Å². The van der Waals surface area contributed by atoms with E-state index >= 15 is 0 Å². The van der Waals surface area contributed by atoms with Crippen LogP contribution in [0.1, 0.15) is 33.8 Å². The van der Waals surface area contributed by atoms with Crippen LogP contribution in [0.5, 0.6) is 0 Å². The van der Waals surface area contributed by atoms with Crippen molar-refractivity contribution in [3.63, 3.8) is 0 Å². The molecule has 2 aromatic rings. The lowest BCUT2D eigenvalue weighted by Gasteiger charge is -2.14. The predicted octanol–water partition coefficient (Wildman–Crippen LogP) is 3.24. The quantitative estimate of drug-likeness (QED) is 0.853. The van der Waals surface area contributed by atoms with Crippen LogP contribution >= 0.6 is 22.9 Å². The number of hydrogen-bond donors (Lipinski definition) is 2. The third kappa shape index (κ3) is 4.08. The fourth-order valence-electron chi connectivity index (χ4n) is 1.82. The number of aliphatic hydroxyl groups excluding tert-OH is 1. The number of carbonyl (C=O) groups excluding carboxylic acids is 1. The SMILES string of the molecule is CC(NC(=O)c1sccc1C#CCO)c1ccc(Cl)cc1. The summed E-state index contributed by atoms with van der Waals surface area (Å²) in [7, 11) is 0. The lowest BCUT2D eigenvalue weighted by molar-refractivity contribution is 0.0944. The zero-order valence-corrected chi connectivity index (χ0v) is 13.0. The lowest BCUT2D eigenvalue weighted by atomic mass is 10.1. The predicted molar refractivity (Wildman–Crippen MR) is 85.6 cm³/mol. The standard InChI is InChI=1S/C16H14ClNO2S/c1-11(12-4-6-14(17)7-5-12)18-16(20)15-13(3-2-9-19)8-10-21-15/h4-8,10-11,19H,9H2,1H3,(H,18,20). The first-order valence-corrected chi connectivity index (χ1v) is 7.61. The molecular weight excluding hydrogens is 306 g/mol. The van der Waals surface area contributed by atoms with Gasteiger partial charge in [0.05, 0.1) is 6.04 Å². The van der Waals surface area contributed by atoms with Crippen LogP contribution in [0.2, 0.25) is 5.02 Å². The van der Waals surface area contributed by atoms with E-state index < -0.39 is 0 Å². The Balaban J connectivity index is 2.11. The van der Waals surface area contributed by atoms with Gasteiger partial charge in [-0.05, 0) is 36.1 Å². The van der Waals surface area contributed by atoms with Gasteiger partial charge in [0.2, 0.25) is 0 Å². The molecule has 0 bridgehead atoms. The molecule has 108 valence electrons. The molecule has 2 N–H and O–H groups in total. The first-order chi connectivity index (χ1) is 10.1. The number of thiophene rings is 1. The van der Waals surface area contributed by atoms with Gasteiger partial charge in [-0.25, -0.2) is 0 Å². The molecule has 0 radical (unpaired) electrons. The van der Waals surface area contributed by atoms with Gasteiger partial charge in [0, 0.05) is 10.6 Å². The number of carbonyl (C=O) groups is 1. The summed E-state index contributed by atoms with van der Waals surface area (Å²) in [5.41, 5.74) is 1.61. The van der Waals surface area contributed by atoms with Crippen molar-refractivity contribution in [2.45, 2.75) is 13.0 Å². The summed E-state index contributed by atoms with van der Waals surface area (Å²) in [4.78, 5) is 12.8. The second-order valence-electron chi connectivity index (χ2n) is 4.37. The van der Waals surface area contributed by atoms with Crippen molar-refractivity contribution in [3.8, 4) is 11.8 Å². The van der Waals surface area contributed by atoms with Crippen molar-refractivity contribution in [2.75, 3.05) is 6.61 Å². The summed E-state index contributed by atoms with van der Waals surface area (Å²) >= 11 is 7.18. The molecule has 2 rings (SSSR count). The molecule has 0 fully saturated rings. The molecule has 5 heteroatoms. The van der Waals surface area contributed by atoms with Crippen molar-refractivity contribution >= 4 is 28.8 Å². The maximum absolute atomic E-state index is 12.3. The van der Waals surface area contributed by atoms with Crippen LogP contribution in [0.15, 0.2) is 35.7 Å². The highest BCUT2D eigenvalue weighted by molar-refractivity contribution is 7.12. The fraction of sp³-hybridized carbons (Fsp3) is 0.188. The first kappa shape index (κ1) is 15.6. The zero-order chi connectivity index (χ0) is 15.2. The highest BCUT2D eigenvalue weighted by atomic mass is 35.5. The van der Waals surface area contributed by atoms with Crippen LogP contribution in [0.4, 0.5) is 0 Å². The van der Waals surface area contributed by atoms with E-state index in [0.29, 0.717) is 15.5 Å². The molecule has 0 spiro atoms. The van der Waals surface area contributed by atoms with Gasteiger partial charge in [-0.1, -0.05) is 35.6 Å². The van der Waals surface area contributed by atoms with Crippen LogP contribution in [-0.2, 0) is 0 Å². The first-order valence-electron chi connectivity index (χ1n) is 6.35. The van der Waals surface area contributed by atoms with Gasteiger partial charge in [-0.15, -0.1) is 11.3 Å². The normalized spacial score (nSPS) is 11.4. The molecule has 1 amide bonds. The van der Waals surface area contributed by atoms with Gasteiger partial charge in [0.1, 0.15) is 11.5 Å². The molecule has 3 nitrogen and oxygen atoms in total. The van der Waals surface area contributed by atoms with E-state index in [4.69, 9.17) is 16.7 Å². The number of aliphatic hydroxyl groups is 1. The van der Waals surface area contributed by atoms with Crippen molar-refractivity contribution in [2.24, 2.45) is 0 Å². The average Bonchev–Trinajstić information content (AvgIpc) is 2.94. The Morgan fingerprint density at radius 3 is 2.76 bits per heavy atom. The summed E-state index contributed by atoms with van der Waals surface area (Å²) in [6.07, 6.45) is 0. The highest BCUT2D eigenvalue weighted by Crippen LogP contribution is 2.19. The van der Waals surface area contributed by atoms with Gasteiger partial charge < -0.3 is 10.4 Å². The Hall–Kier alpha value is -1.80. The lowest BCUT2D eigenvalue weighted by Crippen LogP contribution is -2.26. The smallest absolute Gasteiger partial charge is 0.263 e. The van der Waals surface area contributed by atoms with Gasteiger partial charge >= 0.3 is 0 Å². The Morgan fingerprint density at radius 1 is 1.38 bits per heavy atom. The minimum atomic E-state index is -0.224. The van der Waals surface area contributed by atoms with Crippen molar-refractivity contribution in [1.82, 2.24) is 5.32 Å². The van der Waals surface area contributed by atoms with Crippen molar-refractivity contribution in [1.29, 1.82) is 0 Å². The average molecular weight is 320 g/mol. The zero-order valence-electron chi connectivity index (χ0n) is 11.4. The van der Waals surface area contributed by atoms with Crippen LogP contribution in [0, 0.1) is 11.8 Å².